The summed E-state index contributed by atoms with van der Waals surface area (Å²) in [6.45, 7) is 4.82. The molecule has 0 aliphatic carbocycles. The van der Waals surface area contributed by atoms with Crippen LogP contribution in [0, 0.1) is 6.92 Å². The summed E-state index contributed by atoms with van der Waals surface area (Å²) in [7, 11) is 0. The number of hydrogen-bond donors (Lipinski definition) is 2. The zero-order valence-corrected chi connectivity index (χ0v) is 21.5. The van der Waals surface area contributed by atoms with Gasteiger partial charge in [0.05, 0.1) is 17.0 Å². The number of benzene rings is 2. The highest BCUT2D eigenvalue weighted by Gasteiger charge is 2.35. The van der Waals surface area contributed by atoms with Crippen LogP contribution in [0.1, 0.15) is 47.4 Å². The van der Waals surface area contributed by atoms with Crippen LogP contribution in [-0.4, -0.2) is 28.4 Å². The minimum absolute atomic E-state index is 0.120. The number of ether oxygens (including phenoxy) is 1. The van der Waals surface area contributed by atoms with Crippen LogP contribution in [-0.2, 0) is 22.1 Å². The summed E-state index contributed by atoms with van der Waals surface area (Å²) < 4.78 is 45.5. The third-order valence-corrected chi connectivity index (χ3v) is 5.81. The zero-order chi connectivity index (χ0) is 28.3. The highest BCUT2D eigenvalue weighted by Crippen LogP contribution is 2.39. The smallest absolute Gasteiger partial charge is 0.417 e. The van der Waals surface area contributed by atoms with Gasteiger partial charge in [0.15, 0.2) is 5.78 Å². The van der Waals surface area contributed by atoms with Crippen molar-refractivity contribution in [2.45, 2.75) is 45.4 Å². The lowest BCUT2D eigenvalue weighted by Crippen LogP contribution is -2.33. The van der Waals surface area contributed by atoms with E-state index in [2.05, 4.69) is 10.3 Å². The SMILES string of the molecule is Cc1cc(-c2cccc(C(=O)CC(=O)Nc3cc(C(F)(F)F)c(Cl)cc3CC(C)(C)OC(N)=O)c2)ccn1. The Morgan fingerprint density at radius 2 is 1.74 bits per heavy atom. The molecule has 0 saturated carbocycles. The third-order valence-electron chi connectivity index (χ3n) is 5.50. The maximum atomic E-state index is 13.5. The molecule has 2 aromatic carbocycles. The first-order chi connectivity index (χ1) is 17.6. The van der Waals surface area contributed by atoms with Crippen LogP contribution in [0.15, 0.2) is 54.7 Å². The molecular formula is C27H25ClF3N3O4. The van der Waals surface area contributed by atoms with E-state index < -0.39 is 46.6 Å². The number of rotatable bonds is 8. The van der Waals surface area contributed by atoms with Crippen LogP contribution < -0.4 is 11.1 Å². The number of nitrogens with zero attached hydrogens (tertiary/aromatic N) is 1. The molecule has 0 atom stereocenters. The van der Waals surface area contributed by atoms with Crippen LogP contribution >= 0.6 is 11.6 Å². The number of anilines is 1. The summed E-state index contributed by atoms with van der Waals surface area (Å²) in [5, 5.41) is 1.78. The van der Waals surface area contributed by atoms with E-state index in [-0.39, 0.29) is 23.2 Å². The Kier molecular flexibility index (Phi) is 8.46. The van der Waals surface area contributed by atoms with Crippen molar-refractivity contribution < 1.29 is 32.3 Å². The van der Waals surface area contributed by atoms with E-state index in [9.17, 15) is 27.6 Å². The Hall–Kier alpha value is -3.92. The second kappa shape index (κ2) is 11.2. The molecule has 0 spiro atoms. The highest BCUT2D eigenvalue weighted by atomic mass is 35.5. The number of Topliss-reactive ketones (excluding diaryl/α,β-unsaturated/α-hetero) is 1. The average molecular weight is 548 g/mol. The monoisotopic (exact) mass is 547 g/mol. The number of nitrogens with two attached hydrogens (primary N) is 1. The summed E-state index contributed by atoms with van der Waals surface area (Å²) in [6, 6.07) is 12.0. The molecule has 0 aliphatic rings. The highest BCUT2D eigenvalue weighted by molar-refractivity contribution is 6.31. The van der Waals surface area contributed by atoms with Crippen molar-refractivity contribution in [3.63, 3.8) is 0 Å². The number of aromatic nitrogens is 1. The first-order valence-electron chi connectivity index (χ1n) is 11.4. The molecule has 0 aliphatic heterocycles. The number of halogens is 4. The summed E-state index contributed by atoms with van der Waals surface area (Å²) in [6.07, 6.45) is -4.97. The molecule has 3 N–H and O–H groups in total. The summed E-state index contributed by atoms with van der Waals surface area (Å²) in [5.41, 5.74) is 5.25. The van der Waals surface area contributed by atoms with E-state index in [1.165, 1.54) is 13.8 Å². The number of carbonyl (C=O) groups excluding carboxylic acids is 3. The quantitative estimate of drug-likeness (QED) is 0.252. The number of amides is 2. The minimum Gasteiger partial charge on any atom is -0.443 e. The molecule has 38 heavy (non-hydrogen) atoms. The van der Waals surface area contributed by atoms with Gasteiger partial charge in [-0.25, -0.2) is 4.79 Å². The number of nitrogens with one attached hydrogen (secondary N) is 1. The third kappa shape index (κ3) is 7.55. The number of alkyl halides is 3. The maximum Gasteiger partial charge on any atom is 0.417 e. The molecule has 0 unspecified atom stereocenters. The second-order valence-electron chi connectivity index (χ2n) is 9.26. The number of primary amides is 1. The Bertz CT molecular complexity index is 1390. The molecule has 0 radical (unpaired) electrons. The van der Waals surface area contributed by atoms with Crippen molar-refractivity contribution in [2.24, 2.45) is 5.73 Å². The van der Waals surface area contributed by atoms with Crippen molar-refractivity contribution >= 4 is 35.1 Å². The number of carbonyl (C=O) groups is 3. The van der Waals surface area contributed by atoms with E-state index >= 15 is 0 Å². The molecule has 7 nitrogen and oxygen atoms in total. The van der Waals surface area contributed by atoms with Gasteiger partial charge in [-0.15, -0.1) is 0 Å². The Morgan fingerprint density at radius 3 is 2.37 bits per heavy atom. The first-order valence-corrected chi connectivity index (χ1v) is 11.8. The lowest BCUT2D eigenvalue weighted by molar-refractivity contribution is -0.137. The predicted octanol–water partition coefficient (Wildman–Crippen LogP) is 6.36. The number of hydrogen-bond acceptors (Lipinski definition) is 5. The topological polar surface area (TPSA) is 111 Å². The number of pyridine rings is 1. The molecule has 3 aromatic rings. The summed E-state index contributed by atoms with van der Waals surface area (Å²) >= 11 is 5.87. The van der Waals surface area contributed by atoms with Crippen LogP contribution in [0.2, 0.25) is 5.02 Å². The predicted molar refractivity (Wildman–Crippen MR) is 137 cm³/mol. The molecule has 11 heteroatoms. The number of ketones is 1. The van der Waals surface area contributed by atoms with Gasteiger partial charge < -0.3 is 15.8 Å². The minimum atomic E-state index is -4.80. The molecule has 3 rings (SSSR count). The maximum absolute atomic E-state index is 13.5. The van der Waals surface area contributed by atoms with E-state index in [0.29, 0.717) is 6.07 Å². The molecule has 0 fully saturated rings. The van der Waals surface area contributed by atoms with E-state index in [1.807, 2.05) is 13.0 Å². The van der Waals surface area contributed by atoms with Gasteiger partial charge in [0.2, 0.25) is 5.91 Å². The van der Waals surface area contributed by atoms with Gasteiger partial charge in [-0.1, -0.05) is 29.8 Å². The summed E-state index contributed by atoms with van der Waals surface area (Å²) in [5.74, 6) is -1.36. The lowest BCUT2D eigenvalue weighted by atomic mass is 9.95. The Balaban J connectivity index is 1.86. The number of aryl methyl sites for hydroxylation is 1. The van der Waals surface area contributed by atoms with Crippen LogP contribution in [0.25, 0.3) is 11.1 Å². The standard InChI is InChI=1S/C27H25ClF3N3O4/c1-15-9-17(7-8-33-15)16-5-4-6-18(10-16)23(35)13-24(36)34-22-12-20(27(29,30)31)21(28)11-19(22)14-26(2,3)38-25(32)37/h4-12H,13-14H2,1-3H3,(H2,32,37)(H,34,36). The van der Waals surface area contributed by atoms with Gasteiger partial charge in [0.1, 0.15) is 5.60 Å². The van der Waals surface area contributed by atoms with Crippen LogP contribution in [0.4, 0.5) is 23.7 Å². The molecular weight excluding hydrogens is 523 g/mol. The fourth-order valence-electron chi connectivity index (χ4n) is 3.90. The van der Waals surface area contributed by atoms with E-state index in [0.717, 1.165) is 22.9 Å². The van der Waals surface area contributed by atoms with E-state index in [1.54, 1.807) is 36.5 Å². The van der Waals surface area contributed by atoms with Gasteiger partial charge in [0, 0.05) is 29.6 Å². The van der Waals surface area contributed by atoms with Crippen molar-refractivity contribution in [3.8, 4) is 11.1 Å². The van der Waals surface area contributed by atoms with Crippen LogP contribution in [0.3, 0.4) is 0 Å². The molecule has 200 valence electrons. The lowest BCUT2D eigenvalue weighted by Gasteiger charge is -2.26. The normalized spacial score (nSPS) is 11.7. The van der Waals surface area contributed by atoms with Crippen molar-refractivity contribution in [3.05, 3.63) is 82.1 Å². The molecule has 0 bridgehead atoms. The fourth-order valence-corrected chi connectivity index (χ4v) is 4.19. The van der Waals surface area contributed by atoms with Gasteiger partial charge >= 0.3 is 12.3 Å². The van der Waals surface area contributed by atoms with Crippen LogP contribution in [0.5, 0.6) is 0 Å². The van der Waals surface area contributed by atoms with Gasteiger partial charge in [-0.05, 0) is 67.8 Å². The Morgan fingerprint density at radius 1 is 1.05 bits per heavy atom. The van der Waals surface area contributed by atoms with Crippen molar-refractivity contribution in [2.75, 3.05) is 5.32 Å². The average Bonchev–Trinajstić information content (AvgIpc) is 2.79. The second-order valence-corrected chi connectivity index (χ2v) is 9.67. The first kappa shape index (κ1) is 28.6. The van der Waals surface area contributed by atoms with Gasteiger partial charge in [0.25, 0.3) is 0 Å². The fraction of sp³-hybridized carbons (Fsp3) is 0.259. The van der Waals surface area contributed by atoms with Crippen molar-refractivity contribution in [1.82, 2.24) is 4.98 Å². The van der Waals surface area contributed by atoms with Crippen molar-refractivity contribution in [1.29, 1.82) is 0 Å². The molecule has 1 aromatic heterocycles. The largest absolute Gasteiger partial charge is 0.443 e. The molecule has 0 saturated heterocycles. The zero-order valence-electron chi connectivity index (χ0n) is 20.8. The van der Waals surface area contributed by atoms with Gasteiger partial charge in [-0.3, -0.25) is 14.6 Å². The summed E-state index contributed by atoms with van der Waals surface area (Å²) in [4.78, 5) is 41.0. The Labute approximate surface area is 222 Å². The molecule has 2 amide bonds. The van der Waals surface area contributed by atoms with E-state index in [4.69, 9.17) is 22.1 Å². The molecule has 1 heterocycles. The van der Waals surface area contributed by atoms with Gasteiger partial charge in [-0.2, -0.15) is 13.2 Å².